The van der Waals surface area contributed by atoms with Gasteiger partial charge in [-0.2, -0.15) is 13.2 Å². The topological polar surface area (TPSA) is 160 Å². The molecule has 5 aromatic carbocycles. The number of amides is 4. The Balaban J connectivity index is 0.736. The van der Waals surface area contributed by atoms with Crippen molar-refractivity contribution in [2.24, 2.45) is 0 Å². The largest absolute Gasteiger partial charge is 0.508 e. The number of anilines is 3. The predicted octanol–water partition coefficient (Wildman–Crippen LogP) is 10.5. The maximum absolute atomic E-state index is 13.9. The number of carbonyl (C=O) groups is 3. The van der Waals surface area contributed by atoms with E-state index < -0.39 is 11.7 Å². The number of aryl methyl sites for hydroxylation is 1. The zero-order chi connectivity index (χ0) is 46.8. The van der Waals surface area contributed by atoms with Crippen molar-refractivity contribution in [3.05, 3.63) is 138 Å². The second-order valence-corrected chi connectivity index (χ2v) is 17.1. The minimum Gasteiger partial charge on any atom is -0.508 e. The van der Waals surface area contributed by atoms with Crippen molar-refractivity contribution >= 4 is 56.8 Å². The number of pyridine rings is 2. The van der Waals surface area contributed by atoms with Crippen molar-refractivity contribution in [2.45, 2.75) is 64.2 Å². The van der Waals surface area contributed by atoms with E-state index in [2.05, 4.69) is 25.8 Å². The van der Waals surface area contributed by atoms with Crippen molar-refractivity contribution in [3.63, 3.8) is 0 Å². The fourth-order valence-corrected chi connectivity index (χ4v) is 9.07. The van der Waals surface area contributed by atoms with Gasteiger partial charge in [0.1, 0.15) is 11.5 Å². The van der Waals surface area contributed by atoms with Crippen molar-refractivity contribution in [1.29, 1.82) is 0 Å². The van der Waals surface area contributed by atoms with E-state index in [1.54, 1.807) is 59.5 Å². The fraction of sp³-hybridized carbons (Fsp3) is 0.250. The van der Waals surface area contributed by atoms with Crippen LogP contribution in [0.15, 0.2) is 115 Å². The van der Waals surface area contributed by atoms with E-state index in [0.29, 0.717) is 78.3 Å². The first kappa shape index (κ1) is 44.5. The van der Waals surface area contributed by atoms with Gasteiger partial charge < -0.3 is 31.1 Å². The van der Waals surface area contributed by atoms with Crippen LogP contribution in [0.4, 0.5) is 35.2 Å². The van der Waals surface area contributed by atoms with Crippen LogP contribution in [0.2, 0.25) is 0 Å². The number of phenols is 2. The number of carbonyl (C=O) groups excluding carboxylic acids is 3. The first-order chi connectivity index (χ1) is 32.3. The van der Waals surface area contributed by atoms with E-state index in [-0.39, 0.29) is 35.4 Å². The summed E-state index contributed by atoms with van der Waals surface area (Å²) >= 11 is 0. The predicted molar refractivity (Wildman–Crippen MR) is 253 cm³/mol. The number of rotatable bonds is 12. The zero-order valence-corrected chi connectivity index (χ0v) is 36.7. The van der Waals surface area contributed by atoms with E-state index in [4.69, 9.17) is 4.98 Å². The molecule has 2 bridgehead atoms. The van der Waals surface area contributed by atoms with Gasteiger partial charge in [0, 0.05) is 77.9 Å². The fourth-order valence-electron chi connectivity index (χ4n) is 9.07. The maximum atomic E-state index is 13.9. The Bertz CT molecular complexity index is 2970. The Kier molecular flexibility index (Phi) is 12.4. The number of fused-ring (bicyclic) bond motifs is 6. The number of alkyl halides is 3. The van der Waals surface area contributed by atoms with Crippen LogP contribution < -0.4 is 25.8 Å². The van der Waals surface area contributed by atoms with Crippen LogP contribution in [-0.4, -0.2) is 63.7 Å². The van der Waals surface area contributed by atoms with Gasteiger partial charge in [-0.05, 0) is 122 Å². The molecule has 0 unspecified atom stereocenters. The second kappa shape index (κ2) is 18.7. The molecule has 1 fully saturated rings. The number of piperidine rings is 1. The molecule has 0 aliphatic carbocycles. The van der Waals surface area contributed by atoms with Crippen molar-refractivity contribution in [2.75, 3.05) is 34.8 Å². The van der Waals surface area contributed by atoms with Gasteiger partial charge in [0.25, 0.3) is 5.91 Å². The van der Waals surface area contributed by atoms with Gasteiger partial charge in [0.15, 0.2) is 5.82 Å². The molecule has 4 amide bonds. The summed E-state index contributed by atoms with van der Waals surface area (Å²) in [7, 11) is 0. The van der Waals surface area contributed by atoms with E-state index in [1.165, 1.54) is 6.07 Å². The average molecular weight is 908 g/mol. The molecule has 9 rings (SSSR count). The lowest BCUT2D eigenvalue weighted by atomic mass is 9.92. The average Bonchev–Trinajstić information content (AvgIpc) is 3.31. The Morgan fingerprint density at radius 2 is 1.54 bits per heavy atom. The Morgan fingerprint density at radius 3 is 2.25 bits per heavy atom. The zero-order valence-electron chi connectivity index (χ0n) is 36.7. The number of aromatic nitrogens is 2. The summed E-state index contributed by atoms with van der Waals surface area (Å²) in [5.41, 5.74) is 6.40. The molecule has 2 aliphatic rings. The third-order valence-electron chi connectivity index (χ3n) is 12.5. The molecule has 67 heavy (non-hydrogen) atoms. The first-order valence-corrected chi connectivity index (χ1v) is 22.3. The summed E-state index contributed by atoms with van der Waals surface area (Å²) < 4.78 is 40.5. The number of nitrogens with zero attached hydrogens (tertiary/aromatic N) is 4. The Morgan fingerprint density at radius 1 is 0.791 bits per heavy atom. The Labute approximate surface area is 384 Å². The third kappa shape index (κ3) is 9.67. The molecule has 0 spiro atoms. The van der Waals surface area contributed by atoms with Crippen LogP contribution in [0, 0.1) is 6.92 Å². The van der Waals surface area contributed by atoms with Crippen molar-refractivity contribution in [3.8, 4) is 33.9 Å². The monoisotopic (exact) mass is 907 g/mol. The molecule has 1 atom stereocenters. The van der Waals surface area contributed by atoms with Crippen LogP contribution >= 0.6 is 0 Å². The lowest BCUT2D eigenvalue weighted by Crippen LogP contribution is -2.56. The molecular formula is C52H48F3N7O5. The quantitative estimate of drug-likeness (QED) is 0.0598. The number of benzene rings is 5. The summed E-state index contributed by atoms with van der Waals surface area (Å²) in [6.07, 6.45) is -0.423. The summed E-state index contributed by atoms with van der Waals surface area (Å²) in [6.45, 7) is 4.13. The molecule has 7 aromatic rings. The van der Waals surface area contributed by atoms with Crippen LogP contribution in [0.3, 0.4) is 0 Å². The van der Waals surface area contributed by atoms with Gasteiger partial charge >= 0.3 is 12.2 Å². The molecule has 2 aliphatic heterocycles. The van der Waals surface area contributed by atoms with Gasteiger partial charge in [-0.15, -0.1) is 0 Å². The van der Waals surface area contributed by atoms with Crippen LogP contribution in [-0.2, 0) is 17.5 Å². The van der Waals surface area contributed by atoms with Crippen molar-refractivity contribution < 1.29 is 37.8 Å². The summed E-state index contributed by atoms with van der Waals surface area (Å²) in [5.74, 6) is 0.290. The highest BCUT2D eigenvalue weighted by atomic mass is 19.4. The minimum atomic E-state index is -4.50. The maximum Gasteiger partial charge on any atom is 0.416 e. The molecule has 0 saturated carbocycles. The molecule has 2 aromatic heterocycles. The second-order valence-electron chi connectivity index (χ2n) is 17.1. The number of nitrogens with one attached hydrogen (secondary N) is 3. The number of halogens is 3. The van der Waals surface area contributed by atoms with Crippen LogP contribution in [0.5, 0.6) is 11.5 Å². The molecule has 12 nitrogen and oxygen atoms in total. The number of urea groups is 1. The van der Waals surface area contributed by atoms with Gasteiger partial charge in [-0.25, -0.2) is 14.8 Å². The number of hydrogen-bond donors (Lipinski definition) is 5. The SMILES string of the molecule is Cc1cc(C(=O)NCCCCCC(=O)NCc2ccc(NC(=O)N3c4nc(-c5cccc(C(F)(F)F)c5)ccc4N4CCC[C@H]3C4)cc2)ccc1-c1c2ccc(O)cc2nc2cc(O)ccc12. The van der Waals surface area contributed by atoms with Gasteiger partial charge in [0.05, 0.1) is 34.0 Å². The molecule has 5 N–H and O–H groups in total. The smallest absolute Gasteiger partial charge is 0.416 e. The minimum absolute atomic E-state index is 0.0880. The van der Waals surface area contributed by atoms with Gasteiger partial charge in [-0.3, -0.25) is 14.5 Å². The lowest BCUT2D eigenvalue weighted by Gasteiger charge is -2.45. The normalized spacial score (nSPS) is 14.5. The number of phenolic OH excluding ortho intramolecular Hbond substituents is 2. The summed E-state index contributed by atoms with van der Waals surface area (Å²) in [4.78, 5) is 52.9. The molecule has 0 radical (unpaired) electrons. The molecule has 342 valence electrons. The van der Waals surface area contributed by atoms with Crippen molar-refractivity contribution in [1.82, 2.24) is 20.6 Å². The van der Waals surface area contributed by atoms with E-state index in [9.17, 15) is 37.8 Å². The number of hydrogen-bond acceptors (Lipinski definition) is 8. The van der Waals surface area contributed by atoms with Crippen LogP contribution in [0.1, 0.15) is 65.6 Å². The molecule has 1 saturated heterocycles. The Hall–Kier alpha value is -7.68. The first-order valence-electron chi connectivity index (χ1n) is 22.3. The van der Waals surface area contributed by atoms with E-state index >= 15 is 0 Å². The highest BCUT2D eigenvalue weighted by molar-refractivity contribution is 6.11. The van der Waals surface area contributed by atoms with Gasteiger partial charge in [-0.1, -0.05) is 36.8 Å². The molecule has 15 heteroatoms. The summed E-state index contributed by atoms with van der Waals surface area (Å²) in [6, 6.07) is 30.7. The lowest BCUT2D eigenvalue weighted by molar-refractivity contribution is -0.137. The van der Waals surface area contributed by atoms with Gasteiger partial charge in [0.2, 0.25) is 5.91 Å². The van der Waals surface area contributed by atoms with Crippen LogP contribution in [0.25, 0.3) is 44.2 Å². The highest BCUT2D eigenvalue weighted by Crippen LogP contribution is 2.41. The number of aromatic hydroxyl groups is 2. The van der Waals surface area contributed by atoms with E-state index in [1.807, 2.05) is 49.4 Å². The highest BCUT2D eigenvalue weighted by Gasteiger charge is 2.39. The molecule has 4 heterocycles. The standard InChI is InChI=1S/C52H48F3N7O5/c1-31-25-34(13-18-40(31)48-41-19-16-38(63)27-44(41)59-45-28-39(64)17-20-42(45)48)50(66)56-23-4-2-3-10-47(65)57-29-32-11-14-36(15-12-32)58-51(67)62-37-9-6-24-61(30-37)46-22-21-43(60-49(46)62)33-7-5-8-35(26-33)52(53,54)55/h5,7-8,11-22,25-28,37,63-64H,2-4,6,9-10,23-24,29-30H2,1H3,(H,56,66)(H,57,65)(H,58,67)/t37-/m0/s1. The summed E-state index contributed by atoms with van der Waals surface area (Å²) in [5, 5.41) is 30.8. The third-order valence-corrected chi connectivity index (χ3v) is 12.5. The number of unbranched alkanes of at least 4 members (excludes halogenated alkanes) is 2. The molecular weight excluding hydrogens is 860 g/mol. The van der Waals surface area contributed by atoms with E-state index in [0.717, 1.165) is 76.7 Å².